The van der Waals surface area contributed by atoms with E-state index in [1.165, 1.54) is 44.9 Å². The fraction of sp³-hybridized carbons (Fsp3) is 0.662. The molecule has 0 aromatic carbocycles. The molecule has 1 rings (SSSR count). The van der Waals surface area contributed by atoms with Gasteiger partial charge < -0.3 is 45.1 Å². The van der Waals surface area contributed by atoms with Gasteiger partial charge >= 0.3 is 5.97 Å². The molecule has 1 fully saturated rings. The van der Waals surface area contributed by atoms with Crippen molar-refractivity contribution < 1.29 is 49.3 Å². The first-order valence-electron chi connectivity index (χ1n) is 32.5. The molecule has 1 aliphatic heterocycles. The van der Waals surface area contributed by atoms with Crippen molar-refractivity contribution in [2.24, 2.45) is 0 Å². The van der Waals surface area contributed by atoms with Gasteiger partial charge in [-0.2, -0.15) is 0 Å². The van der Waals surface area contributed by atoms with Crippen LogP contribution in [0.3, 0.4) is 0 Å². The van der Waals surface area contributed by atoms with Crippen molar-refractivity contribution in [3.63, 3.8) is 0 Å². The summed E-state index contributed by atoms with van der Waals surface area (Å²) in [4.78, 5) is 26.6. The number of rotatable bonds is 53. The van der Waals surface area contributed by atoms with E-state index in [4.69, 9.17) is 14.2 Å². The summed E-state index contributed by atoms with van der Waals surface area (Å²) in [5.74, 6) is -1.24. The van der Waals surface area contributed by atoms with Crippen LogP contribution >= 0.6 is 0 Å². The molecule has 82 heavy (non-hydrogen) atoms. The van der Waals surface area contributed by atoms with Gasteiger partial charge in [-0.1, -0.05) is 251 Å². The molecule has 1 aliphatic rings. The van der Waals surface area contributed by atoms with Crippen molar-refractivity contribution in [3.05, 3.63) is 134 Å². The summed E-state index contributed by atoms with van der Waals surface area (Å²) in [7, 11) is 0. The molecule has 1 saturated heterocycles. The molecule has 0 bridgehead atoms. The molecule has 0 aromatic heterocycles. The Balaban J connectivity index is 2.69. The summed E-state index contributed by atoms with van der Waals surface area (Å²) in [5.41, 5.74) is 0. The summed E-state index contributed by atoms with van der Waals surface area (Å²) in [6, 6.07) is -1.05. The van der Waals surface area contributed by atoms with Crippen LogP contribution in [0.1, 0.15) is 239 Å². The van der Waals surface area contributed by atoms with Crippen molar-refractivity contribution in [2.45, 2.75) is 288 Å². The fourth-order valence-electron chi connectivity index (χ4n) is 9.23. The Hall–Kier alpha value is -4.20. The Morgan fingerprint density at radius 1 is 0.488 bits per heavy atom. The molecular formula is C71H117NO10. The van der Waals surface area contributed by atoms with Crippen LogP contribution in [0.25, 0.3) is 0 Å². The molecule has 1 amide bonds. The second-order valence-electron chi connectivity index (χ2n) is 21.7. The first-order valence-corrected chi connectivity index (χ1v) is 32.5. The third-order valence-electron chi connectivity index (χ3n) is 14.3. The maximum atomic E-state index is 13.4. The fourth-order valence-corrected chi connectivity index (χ4v) is 9.23. The van der Waals surface area contributed by atoms with Crippen molar-refractivity contribution in [2.75, 3.05) is 13.2 Å². The van der Waals surface area contributed by atoms with E-state index in [1.54, 1.807) is 6.08 Å². The molecule has 0 saturated carbocycles. The van der Waals surface area contributed by atoms with Gasteiger partial charge in [0.15, 0.2) is 12.4 Å². The normalized spacial score (nSPS) is 19.5. The van der Waals surface area contributed by atoms with E-state index in [0.717, 1.165) is 148 Å². The number of carbonyl (C=O) groups is 2. The number of esters is 1. The third-order valence-corrected chi connectivity index (χ3v) is 14.3. The second-order valence-corrected chi connectivity index (χ2v) is 21.7. The van der Waals surface area contributed by atoms with E-state index >= 15 is 0 Å². The van der Waals surface area contributed by atoms with Gasteiger partial charge in [0.25, 0.3) is 0 Å². The lowest BCUT2D eigenvalue weighted by molar-refractivity contribution is -0.305. The van der Waals surface area contributed by atoms with Gasteiger partial charge in [-0.25, -0.2) is 0 Å². The van der Waals surface area contributed by atoms with Crippen molar-refractivity contribution in [3.8, 4) is 0 Å². The zero-order valence-electron chi connectivity index (χ0n) is 51.6. The minimum absolute atomic E-state index is 0.0909. The van der Waals surface area contributed by atoms with Crippen molar-refractivity contribution in [1.29, 1.82) is 0 Å². The topological polar surface area (TPSA) is 175 Å². The van der Waals surface area contributed by atoms with Gasteiger partial charge in [-0.15, -0.1) is 0 Å². The maximum Gasteiger partial charge on any atom is 0.306 e. The molecule has 0 aromatic rings. The van der Waals surface area contributed by atoms with Crippen LogP contribution in [0.15, 0.2) is 134 Å². The first kappa shape index (κ1) is 75.8. The van der Waals surface area contributed by atoms with Crippen LogP contribution in [0.2, 0.25) is 0 Å². The van der Waals surface area contributed by atoms with Gasteiger partial charge in [0.1, 0.15) is 24.4 Å². The van der Waals surface area contributed by atoms with Gasteiger partial charge in [-0.05, 0) is 116 Å². The van der Waals surface area contributed by atoms with Gasteiger partial charge in [-0.3, -0.25) is 9.59 Å². The molecule has 8 atom stereocenters. The number of ether oxygens (including phenoxy) is 3. The summed E-state index contributed by atoms with van der Waals surface area (Å²) in [6.45, 7) is 5.53. The molecule has 1 heterocycles. The summed E-state index contributed by atoms with van der Waals surface area (Å²) in [6.07, 6.45) is 70.5. The number of aliphatic hydroxyl groups is 5. The molecule has 11 nitrogen and oxygen atoms in total. The van der Waals surface area contributed by atoms with Crippen LogP contribution < -0.4 is 5.32 Å². The van der Waals surface area contributed by atoms with Crippen LogP contribution in [0.5, 0.6) is 0 Å². The second kappa shape index (κ2) is 57.2. The average molecular weight is 1140 g/mol. The number of allylic oxidation sites excluding steroid dienone is 21. The highest BCUT2D eigenvalue weighted by atomic mass is 16.7. The number of carbonyl (C=O) groups excluding carboxylic acids is 2. The molecule has 11 heteroatoms. The van der Waals surface area contributed by atoms with Gasteiger partial charge in [0, 0.05) is 6.42 Å². The minimum Gasteiger partial charge on any atom is -0.454 e. The highest BCUT2D eigenvalue weighted by Gasteiger charge is 2.47. The van der Waals surface area contributed by atoms with Crippen molar-refractivity contribution >= 4 is 11.9 Å². The zero-order valence-corrected chi connectivity index (χ0v) is 51.6. The van der Waals surface area contributed by atoms with Crippen LogP contribution in [-0.2, 0) is 23.8 Å². The Morgan fingerprint density at radius 2 is 0.878 bits per heavy atom. The van der Waals surface area contributed by atoms with E-state index < -0.39 is 67.4 Å². The third kappa shape index (κ3) is 44.3. The Kier molecular flexibility index (Phi) is 52.9. The molecule has 0 spiro atoms. The first-order chi connectivity index (χ1) is 40.2. The van der Waals surface area contributed by atoms with E-state index in [0.29, 0.717) is 12.8 Å². The van der Waals surface area contributed by atoms with E-state index in [9.17, 15) is 35.1 Å². The molecular weight excluding hydrogens is 1030 g/mol. The standard InChI is InChI=1S/C71H117NO10/c1-4-7-10-13-16-19-22-25-27-29-31-33-35-37-39-41-44-47-50-53-56-59-66(76)82-69-68(78)67(77)65(60-73)81-71(69)80-61-62(63(74)57-54-51-48-45-42-24-21-18-15-12-9-6-3)72-70(79)64(75)58-55-52-49-46-43-40-38-36-34-32-30-28-26-23-20-17-14-11-8-5-2/h7-8,10-11,16-17,19-20,25-28,31-34,37-40,54,57,62-65,67-69,71,73-75,77-78H,4-6,9,12-15,18,21-24,29-30,35-36,41-53,55-56,58-61H2,1-3H3,(H,72,79)/b10-7-,11-8-,19-16-,20-17-,27-25-,28-26-,33-31-,34-32-,39-37-,40-38-,57-54+. The van der Waals surface area contributed by atoms with E-state index in [1.807, 2.05) is 6.08 Å². The molecule has 466 valence electrons. The lowest BCUT2D eigenvalue weighted by atomic mass is 9.99. The Morgan fingerprint density at radius 3 is 1.32 bits per heavy atom. The summed E-state index contributed by atoms with van der Waals surface area (Å²) < 4.78 is 17.6. The van der Waals surface area contributed by atoms with Crippen LogP contribution in [0, 0.1) is 0 Å². The van der Waals surface area contributed by atoms with Gasteiger partial charge in [0.2, 0.25) is 5.91 Å². The van der Waals surface area contributed by atoms with Crippen LogP contribution in [0.4, 0.5) is 0 Å². The zero-order chi connectivity index (χ0) is 59.6. The number of hydrogen-bond donors (Lipinski definition) is 6. The van der Waals surface area contributed by atoms with E-state index in [-0.39, 0.29) is 19.4 Å². The minimum atomic E-state index is -1.64. The van der Waals surface area contributed by atoms with Crippen molar-refractivity contribution in [1.82, 2.24) is 5.32 Å². The molecule has 6 N–H and O–H groups in total. The summed E-state index contributed by atoms with van der Waals surface area (Å²) >= 11 is 0. The molecule has 0 aliphatic carbocycles. The number of hydrogen-bond acceptors (Lipinski definition) is 10. The molecule has 8 unspecified atom stereocenters. The number of nitrogens with one attached hydrogen (secondary N) is 1. The predicted octanol–water partition coefficient (Wildman–Crippen LogP) is 16.0. The Bertz CT molecular complexity index is 1840. The number of amides is 1. The smallest absolute Gasteiger partial charge is 0.306 e. The quantitative estimate of drug-likeness (QED) is 0.0195. The van der Waals surface area contributed by atoms with Gasteiger partial charge in [0.05, 0.1) is 25.4 Å². The number of unbranched alkanes of at least 4 members (excludes halogenated alkanes) is 19. The molecule has 0 radical (unpaired) electrons. The SMILES string of the molecule is CC/C=C\C/C=C\C/C=C\C/C=C\C/C=C\CCCCCCCC(=O)OC1C(OCC(NC(=O)C(O)CCCCCC/C=C\C/C=C\C/C=C\C/C=C\C/C=C\CC)C(O)/C=C/CCCCCCCCCCCC)OC(CO)C(O)C1O. The Labute approximate surface area is 499 Å². The average Bonchev–Trinajstić information content (AvgIpc) is 3.44. The van der Waals surface area contributed by atoms with Crippen LogP contribution in [-0.4, -0.2) is 99.6 Å². The lowest BCUT2D eigenvalue weighted by Gasteiger charge is -2.41. The predicted molar refractivity (Wildman–Crippen MR) is 342 cm³/mol. The highest BCUT2D eigenvalue weighted by Crippen LogP contribution is 2.26. The summed E-state index contributed by atoms with van der Waals surface area (Å²) in [5, 5.41) is 57.1. The lowest BCUT2D eigenvalue weighted by Crippen LogP contribution is -2.61. The highest BCUT2D eigenvalue weighted by molar-refractivity contribution is 5.80. The maximum absolute atomic E-state index is 13.4. The number of aliphatic hydroxyl groups excluding tert-OH is 5. The van der Waals surface area contributed by atoms with E-state index in [2.05, 4.69) is 148 Å². The largest absolute Gasteiger partial charge is 0.454 e. The monoisotopic (exact) mass is 1140 g/mol.